The second-order valence-electron chi connectivity index (χ2n) is 5.32. The van der Waals surface area contributed by atoms with E-state index in [0.29, 0.717) is 6.42 Å². The highest BCUT2D eigenvalue weighted by molar-refractivity contribution is 5.78. The standard InChI is InChI=1S/C15H22N2O2/c1-12(11-17-7-2-3-8-17)16-15(19)10-13-5-4-6-14(18)9-13/h4-6,9,12,18H,2-3,7-8,10-11H2,1H3,(H,16,19). The van der Waals surface area contributed by atoms with Gasteiger partial charge in [-0.15, -0.1) is 0 Å². The van der Waals surface area contributed by atoms with Crippen LogP contribution in [0.25, 0.3) is 0 Å². The van der Waals surface area contributed by atoms with E-state index in [1.807, 2.05) is 13.0 Å². The Hall–Kier alpha value is -1.55. The van der Waals surface area contributed by atoms with E-state index in [1.165, 1.54) is 12.8 Å². The van der Waals surface area contributed by atoms with Gasteiger partial charge in [0.25, 0.3) is 0 Å². The first-order valence-electron chi connectivity index (χ1n) is 6.93. The second kappa shape index (κ2) is 6.57. The second-order valence-corrected chi connectivity index (χ2v) is 5.32. The van der Waals surface area contributed by atoms with Crippen molar-refractivity contribution in [3.05, 3.63) is 29.8 Å². The lowest BCUT2D eigenvalue weighted by molar-refractivity contribution is -0.121. The van der Waals surface area contributed by atoms with E-state index in [4.69, 9.17) is 0 Å². The molecular formula is C15H22N2O2. The van der Waals surface area contributed by atoms with Crippen LogP contribution in [0, 0.1) is 0 Å². The molecule has 0 aliphatic carbocycles. The number of likely N-dealkylation sites (tertiary alicyclic amines) is 1. The number of amides is 1. The van der Waals surface area contributed by atoms with Crippen molar-refractivity contribution in [2.75, 3.05) is 19.6 Å². The lowest BCUT2D eigenvalue weighted by Gasteiger charge is -2.21. The fourth-order valence-corrected chi connectivity index (χ4v) is 2.58. The van der Waals surface area contributed by atoms with Crippen LogP contribution in [0.4, 0.5) is 0 Å². The van der Waals surface area contributed by atoms with Crippen molar-refractivity contribution in [2.24, 2.45) is 0 Å². The third-order valence-corrected chi connectivity index (χ3v) is 3.41. The Labute approximate surface area is 114 Å². The molecule has 1 aromatic rings. The molecule has 1 unspecified atom stereocenters. The predicted molar refractivity (Wildman–Crippen MR) is 75.1 cm³/mol. The Morgan fingerprint density at radius 2 is 2.16 bits per heavy atom. The maximum Gasteiger partial charge on any atom is 0.224 e. The van der Waals surface area contributed by atoms with E-state index in [1.54, 1.807) is 18.2 Å². The number of carbonyl (C=O) groups excluding carboxylic acids is 1. The van der Waals surface area contributed by atoms with Crippen molar-refractivity contribution in [3.63, 3.8) is 0 Å². The quantitative estimate of drug-likeness (QED) is 0.846. The van der Waals surface area contributed by atoms with Gasteiger partial charge in [-0.05, 0) is 50.6 Å². The highest BCUT2D eigenvalue weighted by Crippen LogP contribution is 2.11. The average molecular weight is 262 g/mol. The summed E-state index contributed by atoms with van der Waals surface area (Å²) in [6, 6.07) is 7.01. The van der Waals surface area contributed by atoms with Gasteiger partial charge in [0.05, 0.1) is 6.42 Å². The molecule has 104 valence electrons. The fraction of sp³-hybridized carbons (Fsp3) is 0.533. The summed E-state index contributed by atoms with van der Waals surface area (Å²) in [5, 5.41) is 12.4. The third kappa shape index (κ3) is 4.56. The molecule has 1 aliphatic heterocycles. The number of nitrogens with zero attached hydrogens (tertiary/aromatic N) is 1. The maximum absolute atomic E-state index is 11.9. The van der Waals surface area contributed by atoms with E-state index in [2.05, 4.69) is 10.2 Å². The number of benzene rings is 1. The molecule has 1 saturated heterocycles. The smallest absolute Gasteiger partial charge is 0.224 e. The number of phenols is 1. The molecule has 0 radical (unpaired) electrons. The zero-order chi connectivity index (χ0) is 13.7. The van der Waals surface area contributed by atoms with Gasteiger partial charge in [0.15, 0.2) is 0 Å². The average Bonchev–Trinajstić information content (AvgIpc) is 2.81. The molecule has 1 amide bonds. The van der Waals surface area contributed by atoms with Crippen LogP contribution in [0.3, 0.4) is 0 Å². The number of rotatable bonds is 5. The summed E-state index contributed by atoms with van der Waals surface area (Å²) < 4.78 is 0. The van der Waals surface area contributed by atoms with Gasteiger partial charge in [-0.3, -0.25) is 4.79 Å². The Balaban J connectivity index is 1.77. The Morgan fingerprint density at radius 1 is 1.42 bits per heavy atom. The Bertz CT molecular complexity index is 428. The summed E-state index contributed by atoms with van der Waals surface area (Å²) in [5.74, 6) is 0.215. The van der Waals surface area contributed by atoms with Crippen molar-refractivity contribution in [2.45, 2.75) is 32.2 Å². The maximum atomic E-state index is 11.9. The number of nitrogens with one attached hydrogen (secondary N) is 1. The summed E-state index contributed by atoms with van der Waals surface area (Å²) in [6.45, 7) is 5.25. The minimum atomic E-state index is 0.0114. The summed E-state index contributed by atoms with van der Waals surface area (Å²) in [5.41, 5.74) is 0.839. The van der Waals surface area contributed by atoms with Gasteiger partial charge in [0.1, 0.15) is 5.75 Å². The van der Waals surface area contributed by atoms with Crippen molar-refractivity contribution < 1.29 is 9.90 Å². The molecule has 1 heterocycles. The minimum Gasteiger partial charge on any atom is -0.508 e. The highest BCUT2D eigenvalue weighted by atomic mass is 16.3. The van der Waals surface area contributed by atoms with E-state index < -0.39 is 0 Å². The zero-order valence-electron chi connectivity index (χ0n) is 11.4. The van der Waals surface area contributed by atoms with Gasteiger partial charge >= 0.3 is 0 Å². The first kappa shape index (κ1) is 13.9. The van der Waals surface area contributed by atoms with Crippen LogP contribution < -0.4 is 5.32 Å². The molecule has 2 N–H and O–H groups in total. The van der Waals surface area contributed by atoms with E-state index >= 15 is 0 Å². The van der Waals surface area contributed by atoms with Crippen LogP contribution in [-0.2, 0) is 11.2 Å². The summed E-state index contributed by atoms with van der Waals surface area (Å²) in [6.07, 6.45) is 2.85. The van der Waals surface area contributed by atoms with Gasteiger partial charge in [-0.1, -0.05) is 12.1 Å². The molecule has 1 fully saturated rings. The predicted octanol–water partition coefficient (Wildman–Crippen LogP) is 1.54. The normalized spacial score (nSPS) is 17.3. The molecule has 0 bridgehead atoms. The van der Waals surface area contributed by atoms with Crippen molar-refractivity contribution in [1.29, 1.82) is 0 Å². The molecule has 1 atom stereocenters. The van der Waals surface area contributed by atoms with E-state index in [-0.39, 0.29) is 17.7 Å². The molecule has 4 nitrogen and oxygen atoms in total. The van der Waals surface area contributed by atoms with E-state index in [0.717, 1.165) is 25.2 Å². The largest absolute Gasteiger partial charge is 0.508 e. The topological polar surface area (TPSA) is 52.6 Å². The summed E-state index contributed by atoms with van der Waals surface area (Å²) in [4.78, 5) is 14.3. The first-order valence-corrected chi connectivity index (χ1v) is 6.93. The van der Waals surface area contributed by atoms with Crippen LogP contribution in [0.1, 0.15) is 25.3 Å². The van der Waals surface area contributed by atoms with E-state index in [9.17, 15) is 9.90 Å². The SMILES string of the molecule is CC(CN1CCCC1)NC(=O)Cc1cccc(O)c1. The third-order valence-electron chi connectivity index (χ3n) is 3.41. The van der Waals surface area contributed by atoms with Gasteiger partial charge in [0, 0.05) is 12.6 Å². The molecule has 0 spiro atoms. The number of carbonyl (C=O) groups is 1. The summed E-state index contributed by atoms with van der Waals surface area (Å²) >= 11 is 0. The molecule has 1 aromatic carbocycles. The molecule has 4 heteroatoms. The lowest BCUT2D eigenvalue weighted by atomic mass is 10.1. The van der Waals surface area contributed by atoms with Crippen molar-refractivity contribution in [1.82, 2.24) is 10.2 Å². The van der Waals surface area contributed by atoms with Crippen LogP contribution in [0.2, 0.25) is 0 Å². The number of hydrogen-bond donors (Lipinski definition) is 2. The van der Waals surface area contributed by atoms with Crippen LogP contribution in [0.5, 0.6) is 5.75 Å². The van der Waals surface area contributed by atoms with Crippen molar-refractivity contribution in [3.8, 4) is 5.75 Å². The highest BCUT2D eigenvalue weighted by Gasteiger charge is 2.16. The van der Waals surface area contributed by atoms with Crippen molar-refractivity contribution >= 4 is 5.91 Å². The fourth-order valence-electron chi connectivity index (χ4n) is 2.58. The Kier molecular flexibility index (Phi) is 4.80. The summed E-state index contributed by atoms with van der Waals surface area (Å²) in [7, 11) is 0. The molecule has 1 aliphatic rings. The first-order chi connectivity index (χ1) is 9.13. The monoisotopic (exact) mass is 262 g/mol. The zero-order valence-corrected chi connectivity index (χ0v) is 11.4. The van der Waals surface area contributed by atoms with Gasteiger partial charge in [0.2, 0.25) is 5.91 Å². The number of hydrogen-bond acceptors (Lipinski definition) is 3. The molecule has 19 heavy (non-hydrogen) atoms. The van der Waals surface area contributed by atoms with Gasteiger partial charge < -0.3 is 15.3 Å². The number of phenolic OH excluding ortho intramolecular Hbond substituents is 1. The van der Waals surface area contributed by atoms with Gasteiger partial charge in [-0.25, -0.2) is 0 Å². The lowest BCUT2D eigenvalue weighted by Crippen LogP contribution is -2.41. The molecular weight excluding hydrogens is 240 g/mol. The number of aromatic hydroxyl groups is 1. The molecule has 0 saturated carbocycles. The van der Waals surface area contributed by atoms with Crippen LogP contribution in [0.15, 0.2) is 24.3 Å². The van der Waals surface area contributed by atoms with Gasteiger partial charge in [-0.2, -0.15) is 0 Å². The van der Waals surface area contributed by atoms with Crippen LogP contribution in [-0.4, -0.2) is 41.6 Å². The minimum absolute atomic E-state index is 0.0114. The van der Waals surface area contributed by atoms with Crippen LogP contribution >= 0.6 is 0 Å². The Morgan fingerprint density at radius 3 is 2.84 bits per heavy atom. The molecule has 0 aromatic heterocycles. The molecule has 2 rings (SSSR count).